The van der Waals surface area contributed by atoms with Gasteiger partial charge in [0.1, 0.15) is 0 Å². The molecule has 0 aromatic heterocycles. The van der Waals surface area contributed by atoms with Crippen LogP contribution in [0.1, 0.15) is 45.4 Å². The number of carbonyl (C=O) groups is 1. The van der Waals surface area contributed by atoms with Crippen molar-refractivity contribution in [3.8, 4) is 0 Å². The van der Waals surface area contributed by atoms with Gasteiger partial charge >= 0.3 is 0 Å². The van der Waals surface area contributed by atoms with Crippen molar-refractivity contribution in [3.05, 3.63) is 0 Å². The van der Waals surface area contributed by atoms with Crippen LogP contribution in [0.3, 0.4) is 0 Å². The molecule has 96 valence electrons. The lowest BCUT2D eigenvalue weighted by Gasteiger charge is -2.29. The SMILES string of the molecule is CC1(C(=O)N2CC3CCC(O)C3C2)CCCC1. The second-order valence-corrected chi connectivity index (χ2v) is 6.55. The molecule has 0 spiro atoms. The maximum absolute atomic E-state index is 12.6. The van der Waals surface area contributed by atoms with E-state index in [4.69, 9.17) is 0 Å². The van der Waals surface area contributed by atoms with E-state index in [0.29, 0.717) is 17.7 Å². The highest BCUT2D eigenvalue weighted by atomic mass is 16.3. The molecule has 3 heteroatoms. The van der Waals surface area contributed by atoms with E-state index in [0.717, 1.165) is 38.8 Å². The predicted molar refractivity (Wildman–Crippen MR) is 65.4 cm³/mol. The minimum atomic E-state index is -0.158. The Kier molecular flexibility index (Phi) is 2.69. The molecule has 1 amide bonds. The quantitative estimate of drug-likeness (QED) is 0.755. The van der Waals surface area contributed by atoms with E-state index in [2.05, 4.69) is 6.92 Å². The number of fused-ring (bicyclic) bond motifs is 1. The maximum atomic E-state index is 12.6. The second-order valence-electron chi connectivity index (χ2n) is 6.55. The van der Waals surface area contributed by atoms with Gasteiger partial charge in [0.05, 0.1) is 6.10 Å². The number of aliphatic hydroxyl groups is 1. The number of rotatable bonds is 1. The largest absolute Gasteiger partial charge is 0.393 e. The van der Waals surface area contributed by atoms with Gasteiger partial charge in [-0.15, -0.1) is 0 Å². The zero-order valence-corrected chi connectivity index (χ0v) is 10.7. The van der Waals surface area contributed by atoms with Crippen LogP contribution in [-0.2, 0) is 4.79 Å². The summed E-state index contributed by atoms with van der Waals surface area (Å²) in [4.78, 5) is 14.6. The Labute approximate surface area is 103 Å². The molecule has 17 heavy (non-hydrogen) atoms. The number of aliphatic hydroxyl groups excluding tert-OH is 1. The van der Waals surface area contributed by atoms with Gasteiger partial charge in [-0.2, -0.15) is 0 Å². The summed E-state index contributed by atoms with van der Waals surface area (Å²) < 4.78 is 0. The third kappa shape index (κ3) is 1.79. The lowest BCUT2D eigenvalue weighted by atomic mass is 9.87. The van der Waals surface area contributed by atoms with Crippen LogP contribution in [0.5, 0.6) is 0 Å². The van der Waals surface area contributed by atoms with Crippen LogP contribution in [0, 0.1) is 17.3 Å². The normalized spacial score (nSPS) is 39.6. The van der Waals surface area contributed by atoms with Crippen molar-refractivity contribution in [1.82, 2.24) is 4.90 Å². The zero-order valence-electron chi connectivity index (χ0n) is 10.7. The van der Waals surface area contributed by atoms with Crippen molar-refractivity contribution >= 4 is 5.91 Å². The first-order valence-electron chi connectivity index (χ1n) is 7.08. The van der Waals surface area contributed by atoms with E-state index in [-0.39, 0.29) is 11.5 Å². The lowest BCUT2D eigenvalue weighted by molar-refractivity contribution is -0.140. The molecule has 3 fully saturated rings. The second kappa shape index (κ2) is 3.98. The predicted octanol–water partition coefficient (Wildman–Crippen LogP) is 1.80. The van der Waals surface area contributed by atoms with Crippen LogP contribution >= 0.6 is 0 Å². The van der Waals surface area contributed by atoms with E-state index >= 15 is 0 Å². The first kappa shape index (κ1) is 11.5. The molecule has 3 unspecified atom stereocenters. The molecular weight excluding hydrogens is 214 g/mol. The van der Waals surface area contributed by atoms with Gasteiger partial charge in [0.15, 0.2) is 0 Å². The summed E-state index contributed by atoms with van der Waals surface area (Å²) in [6, 6.07) is 0. The Morgan fingerprint density at radius 2 is 1.94 bits per heavy atom. The van der Waals surface area contributed by atoms with E-state index in [1.165, 1.54) is 12.8 Å². The fraction of sp³-hybridized carbons (Fsp3) is 0.929. The molecule has 3 nitrogen and oxygen atoms in total. The molecule has 0 aromatic carbocycles. The summed E-state index contributed by atoms with van der Waals surface area (Å²) >= 11 is 0. The van der Waals surface area contributed by atoms with Gasteiger partial charge in [-0.3, -0.25) is 4.79 Å². The van der Waals surface area contributed by atoms with E-state index in [9.17, 15) is 9.90 Å². The number of carbonyl (C=O) groups excluding carboxylic acids is 1. The molecule has 0 radical (unpaired) electrons. The van der Waals surface area contributed by atoms with Gasteiger partial charge in [-0.05, 0) is 31.6 Å². The van der Waals surface area contributed by atoms with Crippen molar-refractivity contribution in [3.63, 3.8) is 0 Å². The van der Waals surface area contributed by atoms with Gasteiger partial charge in [-0.25, -0.2) is 0 Å². The summed E-state index contributed by atoms with van der Waals surface area (Å²) in [5.41, 5.74) is -0.0937. The standard InChI is InChI=1S/C14H23NO2/c1-14(6-2-3-7-14)13(17)15-8-10-4-5-12(16)11(10)9-15/h10-12,16H,2-9H2,1H3. The molecule has 3 aliphatic rings. The molecule has 1 heterocycles. The fourth-order valence-electron chi connectivity index (χ4n) is 4.15. The summed E-state index contributed by atoms with van der Waals surface area (Å²) in [5.74, 6) is 1.29. The van der Waals surface area contributed by atoms with E-state index in [1.54, 1.807) is 0 Å². The Hall–Kier alpha value is -0.570. The average molecular weight is 237 g/mol. The van der Waals surface area contributed by atoms with Crippen LogP contribution < -0.4 is 0 Å². The maximum Gasteiger partial charge on any atom is 0.228 e. The lowest BCUT2D eigenvalue weighted by Crippen LogP contribution is -2.40. The number of likely N-dealkylation sites (tertiary alicyclic amines) is 1. The monoisotopic (exact) mass is 237 g/mol. The molecule has 1 N–H and O–H groups in total. The molecule has 3 atom stereocenters. The van der Waals surface area contributed by atoms with Crippen LogP contribution in [0.4, 0.5) is 0 Å². The van der Waals surface area contributed by atoms with E-state index < -0.39 is 0 Å². The highest BCUT2D eigenvalue weighted by Crippen LogP contribution is 2.43. The minimum Gasteiger partial charge on any atom is -0.393 e. The summed E-state index contributed by atoms with van der Waals surface area (Å²) in [5, 5.41) is 9.89. The first-order valence-corrected chi connectivity index (χ1v) is 7.08. The molecule has 0 bridgehead atoms. The third-order valence-corrected chi connectivity index (χ3v) is 5.33. The Morgan fingerprint density at radius 1 is 1.24 bits per heavy atom. The first-order chi connectivity index (χ1) is 8.10. The van der Waals surface area contributed by atoms with Gasteiger partial charge < -0.3 is 10.0 Å². The van der Waals surface area contributed by atoms with Crippen molar-refractivity contribution in [1.29, 1.82) is 0 Å². The topological polar surface area (TPSA) is 40.5 Å². The van der Waals surface area contributed by atoms with E-state index in [1.807, 2.05) is 4.90 Å². The van der Waals surface area contributed by atoms with Crippen molar-refractivity contribution in [2.24, 2.45) is 17.3 Å². The van der Waals surface area contributed by atoms with Gasteiger partial charge in [0.2, 0.25) is 5.91 Å². The number of hydrogen-bond acceptors (Lipinski definition) is 2. The van der Waals surface area contributed by atoms with Gasteiger partial charge in [0.25, 0.3) is 0 Å². The molecule has 3 rings (SSSR count). The van der Waals surface area contributed by atoms with Crippen LogP contribution in [0.25, 0.3) is 0 Å². The number of hydrogen-bond donors (Lipinski definition) is 1. The Balaban J connectivity index is 1.69. The fourth-order valence-corrected chi connectivity index (χ4v) is 4.15. The molecule has 2 aliphatic carbocycles. The number of amides is 1. The Morgan fingerprint density at radius 3 is 2.59 bits per heavy atom. The van der Waals surface area contributed by atoms with Crippen LogP contribution in [0.2, 0.25) is 0 Å². The summed E-state index contributed by atoms with van der Waals surface area (Å²) in [7, 11) is 0. The molecule has 1 aliphatic heterocycles. The molecule has 0 aromatic rings. The van der Waals surface area contributed by atoms with Crippen molar-refractivity contribution < 1.29 is 9.90 Å². The molecule has 2 saturated carbocycles. The zero-order chi connectivity index (χ0) is 12.0. The smallest absolute Gasteiger partial charge is 0.228 e. The number of nitrogens with zero attached hydrogens (tertiary/aromatic N) is 1. The van der Waals surface area contributed by atoms with Crippen molar-refractivity contribution in [2.75, 3.05) is 13.1 Å². The van der Waals surface area contributed by atoms with Crippen LogP contribution in [0.15, 0.2) is 0 Å². The van der Waals surface area contributed by atoms with Crippen LogP contribution in [-0.4, -0.2) is 35.1 Å². The highest BCUT2D eigenvalue weighted by molar-refractivity contribution is 5.83. The molecular formula is C14H23NO2. The van der Waals surface area contributed by atoms with Gasteiger partial charge in [0, 0.05) is 24.4 Å². The molecule has 1 saturated heterocycles. The highest BCUT2D eigenvalue weighted by Gasteiger charge is 2.47. The third-order valence-electron chi connectivity index (χ3n) is 5.33. The minimum absolute atomic E-state index is 0.0937. The van der Waals surface area contributed by atoms with Gasteiger partial charge in [-0.1, -0.05) is 19.8 Å². The van der Waals surface area contributed by atoms with Crippen molar-refractivity contribution in [2.45, 2.75) is 51.6 Å². The Bertz CT molecular complexity index is 322. The summed E-state index contributed by atoms with van der Waals surface area (Å²) in [6.45, 7) is 3.84. The summed E-state index contributed by atoms with van der Waals surface area (Å²) in [6.07, 6.45) is 6.40. The average Bonchev–Trinajstić information content (AvgIpc) is 2.97.